The molecule has 0 amide bonds. The molecule has 1 aliphatic rings. The Morgan fingerprint density at radius 1 is 1.31 bits per heavy atom. The van der Waals surface area contributed by atoms with Crippen LogP contribution in [0.25, 0.3) is 0 Å². The van der Waals surface area contributed by atoms with Crippen LogP contribution in [0.5, 0.6) is 0 Å². The van der Waals surface area contributed by atoms with Gasteiger partial charge in [0.25, 0.3) is 0 Å². The van der Waals surface area contributed by atoms with Gasteiger partial charge < -0.3 is 10.2 Å². The molecule has 1 rings (SSSR count). The Kier molecular flexibility index (Phi) is 5.26. The van der Waals surface area contributed by atoms with Crippen molar-refractivity contribution < 1.29 is 0 Å². The fraction of sp³-hybridized carbons (Fsp3) is 1.00. The van der Waals surface area contributed by atoms with Crippen molar-refractivity contribution >= 4 is 0 Å². The minimum atomic E-state index is 0.303. The van der Waals surface area contributed by atoms with Gasteiger partial charge in [-0.15, -0.1) is 0 Å². The third-order valence-corrected chi connectivity index (χ3v) is 4.39. The molecule has 2 unspecified atom stereocenters. The zero-order valence-corrected chi connectivity index (χ0v) is 11.8. The van der Waals surface area contributed by atoms with Gasteiger partial charge in [-0.3, -0.25) is 0 Å². The molecule has 1 aliphatic carbocycles. The number of hydrogen-bond acceptors (Lipinski definition) is 2. The Balaban J connectivity index is 2.62. The average molecular weight is 226 g/mol. The van der Waals surface area contributed by atoms with E-state index in [1.807, 2.05) is 0 Å². The molecule has 1 fully saturated rings. The van der Waals surface area contributed by atoms with Crippen molar-refractivity contribution in [2.24, 2.45) is 5.92 Å². The summed E-state index contributed by atoms with van der Waals surface area (Å²) in [5.41, 5.74) is 0.303. The number of nitrogens with zero attached hydrogens (tertiary/aromatic N) is 1. The Morgan fingerprint density at radius 2 is 1.94 bits per heavy atom. The number of hydrogen-bond donors (Lipinski definition) is 1. The highest BCUT2D eigenvalue weighted by molar-refractivity contribution is 4.97. The molecule has 1 saturated carbocycles. The Hall–Kier alpha value is -0.0800. The van der Waals surface area contributed by atoms with Crippen molar-refractivity contribution in [2.75, 3.05) is 20.6 Å². The first-order chi connectivity index (χ1) is 7.54. The summed E-state index contributed by atoms with van der Waals surface area (Å²) in [6.07, 6.45) is 6.72. The van der Waals surface area contributed by atoms with Crippen LogP contribution in [0.2, 0.25) is 0 Å². The van der Waals surface area contributed by atoms with E-state index in [2.05, 4.69) is 45.1 Å². The molecule has 0 heterocycles. The lowest BCUT2D eigenvalue weighted by Gasteiger charge is -2.43. The monoisotopic (exact) mass is 226 g/mol. The number of nitrogens with one attached hydrogen (secondary N) is 1. The van der Waals surface area contributed by atoms with E-state index in [-0.39, 0.29) is 0 Å². The predicted octanol–water partition coefficient (Wildman–Crippen LogP) is 2.89. The summed E-state index contributed by atoms with van der Waals surface area (Å²) in [5, 5.41) is 3.77. The summed E-state index contributed by atoms with van der Waals surface area (Å²) < 4.78 is 0. The van der Waals surface area contributed by atoms with E-state index in [4.69, 9.17) is 0 Å². The maximum atomic E-state index is 3.77. The van der Waals surface area contributed by atoms with Crippen molar-refractivity contribution in [1.29, 1.82) is 0 Å². The molecule has 0 aromatic rings. The third kappa shape index (κ3) is 3.46. The predicted molar refractivity (Wildman–Crippen MR) is 71.8 cm³/mol. The van der Waals surface area contributed by atoms with E-state index in [0.717, 1.165) is 12.5 Å². The van der Waals surface area contributed by atoms with Gasteiger partial charge in [-0.1, -0.05) is 26.7 Å². The summed E-state index contributed by atoms with van der Waals surface area (Å²) in [6.45, 7) is 8.12. The Morgan fingerprint density at radius 3 is 2.31 bits per heavy atom. The molecule has 2 nitrogen and oxygen atoms in total. The van der Waals surface area contributed by atoms with Crippen LogP contribution in [0.4, 0.5) is 0 Å². The van der Waals surface area contributed by atoms with E-state index in [0.29, 0.717) is 11.6 Å². The highest BCUT2D eigenvalue weighted by atomic mass is 15.2. The van der Waals surface area contributed by atoms with E-state index in [9.17, 15) is 0 Å². The average Bonchev–Trinajstić information content (AvgIpc) is 3.06. The molecule has 2 atom stereocenters. The fourth-order valence-electron chi connectivity index (χ4n) is 2.44. The van der Waals surface area contributed by atoms with Gasteiger partial charge in [0, 0.05) is 11.6 Å². The van der Waals surface area contributed by atoms with Crippen LogP contribution < -0.4 is 5.32 Å². The summed E-state index contributed by atoms with van der Waals surface area (Å²) in [7, 11) is 4.44. The van der Waals surface area contributed by atoms with Crippen LogP contribution in [-0.4, -0.2) is 37.1 Å². The maximum absolute atomic E-state index is 3.77. The molecule has 0 aromatic carbocycles. The first kappa shape index (κ1) is 14.0. The molecule has 0 aliphatic heterocycles. The summed E-state index contributed by atoms with van der Waals surface area (Å²) in [5.74, 6) is 1.00. The van der Waals surface area contributed by atoms with E-state index in [1.54, 1.807) is 0 Å². The summed E-state index contributed by atoms with van der Waals surface area (Å²) in [6, 6.07) is 0.653. The molecule has 0 aromatic heterocycles. The number of likely N-dealkylation sites (N-methyl/N-ethyl adjacent to an activating group) is 1. The first-order valence-electron chi connectivity index (χ1n) is 6.95. The highest BCUT2D eigenvalue weighted by Gasteiger charge is 2.37. The molecule has 1 N–H and O–H groups in total. The maximum Gasteiger partial charge on any atom is 0.0325 e. The second-order valence-corrected chi connectivity index (χ2v) is 5.79. The van der Waals surface area contributed by atoms with Crippen LogP contribution in [0.15, 0.2) is 0 Å². The van der Waals surface area contributed by atoms with Crippen molar-refractivity contribution in [2.45, 2.75) is 64.5 Å². The van der Waals surface area contributed by atoms with Gasteiger partial charge in [-0.05, 0) is 52.7 Å². The van der Waals surface area contributed by atoms with Gasteiger partial charge >= 0.3 is 0 Å². The van der Waals surface area contributed by atoms with Crippen LogP contribution in [0, 0.1) is 5.92 Å². The molecule has 16 heavy (non-hydrogen) atoms. The highest BCUT2D eigenvalue weighted by Crippen LogP contribution is 2.37. The number of rotatable bonds is 8. The van der Waals surface area contributed by atoms with Crippen molar-refractivity contribution in [3.8, 4) is 0 Å². The fourth-order valence-corrected chi connectivity index (χ4v) is 2.44. The van der Waals surface area contributed by atoms with Crippen LogP contribution >= 0.6 is 0 Å². The van der Waals surface area contributed by atoms with Crippen LogP contribution in [0.1, 0.15) is 52.9 Å². The summed E-state index contributed by atoms with van der Waals surface area (Å²) >= 11 is 0. The zero-order valence-electron chi connectivity index (χ0n) is 11.8. The van der Waals surface area contributed by atoms with E-state index >= 15 is 0 Å². The lowest BCUT2D eigenvalue weighted by Crippen LogP contribution is -2.57. The van der Waals surface area contributed by atoms with E-state index < -0.39 is 0 Å². The Bertz CT molecular complexity index is 199. The molecule has 0 saturated heterocycles. The zero-order chi connectivity index (χ0) is 12.2. The first-order valence-corrected chi connectivity index (χ1v) is 6.95. The van der Waals surface area contributed by atoms with Crippen LogP contribution in [0.3, 0.4) is 0 Å². The lowest BCUT2D eigenvalue weighted by molar-refractivity contribution is 0.105. The molecule has 0 radical (unpaired) electrons. The second-order valence-electron chi connectivity index (χ2n) is 5.79. The topological polar surface area (TPSA) is 15.3 Å². The third-order valence-electron chi connectivity index (χ3n) is 4.39. The van der Waals surface area contributed by atoms with Crippen molar-refractivity contribution in [1.82, 2.24) is 10.2 Å². The van der Waals surface area contributed by atoms with Crippen molar-refractivity contribution in [3.05, 3.63) is 0 Å². The van der Waals surface area contributed by atoms with Gasteiger partial charge in [-0.2, -0.15) is 0 Å². The molecule has 0 bridgehead atoms. The van der Waals surface area contributed by atoms with Gasteiger partial charge in [-0.25, -0.2) is 0 Å². The standard InChI is InChI=1S/C14H30N2/c1-6-10-15-13(11-12-8-9-12)14(3,7-2)16(4)5/h12-13,15H,6-11H2,1-5H3. The molecular weight excluding hydrogens is 196 g/mol. The lowest BCUT2D eigenvalue weighted by atomic mass is 9.84. The largest absolute Gasteiger partial charge is 0.312 e. The smallest absolute Gasteiger partial charge is 0.0325 e. The molecular formula is C14H30N2. The van der Waals surface area contributed by atoms with Crippen molar-refractivity contribution in [3.63, 3.8) is 0 Å². The quantitative estimate of drug-likeness (QED) is 0.684. The normalized spacial score (nSPS) is 22.1. The minimum Gasteiger partial charge on any atom is -0.312 e. The Labute approximate surface area is 102 Å². The second kappa shape index (κ2) is 6.02. The summed E-state index contributed by atoms with van der Waals surface area (Å²) in [4.78, 5) is 2.41. The van der Waals surface area contributed by atoms with Gasteiger partial charge in [0.1, 0.15) is 0 Å². The molecule has 2 heteroatoms. The van der Waals surface area contributed by atoms with Gasteiger partial charge in [0.15, 0.2) is 0 Å². The van der Waals surface area contributed by atoms with Crippen LogP contribution in [-0.2, 0) is 0 Å². The minimum absolute atomic E-state index is 0.303. The SMILES string of the molecule is CCCNC(CC1CC1)C(C)(CC)N(C)C. The molecule has 0 spiro atoms. The van der Waals surface area contributed by atoms with E-state index in [1.165, 1.54) is 32.1 Å². The molecule has 96 valence electrons. The van der Waals surface area contributed by atoms with Gasteiger partial charge in [0.05, 0.1) is 0 Å². The van der Waals surface area contributed by atoms with Gasteiger partial charge in [0.2, 0.25) is 0 Å².